The first-order chi connectivity index (χ1) is 14.2. The molecule has 5 nitrogen and oxygen atoms in total. The van der Waals surface area contributed by atoms with Gasteiger partial charge in [-0.1, -0.05) is 39.7 Å². The Morgan fingerprint density at radius 1 is 1.00 bits per heavy atom. The molecule has 4 rings (SSSR count). The van der Waals surface area contributed by atoms with E-state index >= 15 is 0 Å². The van der Waals surface area contributed by atoms with Crippen LogP contribution in [-0.2, 0) is 15.6 Å². The van der Waals surface area contributed by atoms with Crippen molar-refractivity contribution in [3.63, 3.8) is 0 Å². The molecule has 30 heavy (non-hydrogen) atoms. The standard InChI is InChI=1S/C22H18BrClN2O3S/c1-30(28,29)20-12-10-19(11-13-20)26-14-22(27,16-4-6-17(23)7-5-16)25-21(26)15-2-8-18(24)9-3-15/h2-13,27H,14H2,1H3. The Balaban J connectivity index is 1.79. The molecule has 1 unspecified atom stereocenters. The summed E-state index contributed by atoms with van der Waals surface area (Å²) in [4.78, 5) is 6.78. The molecule has 1 aliphatic rings. The van der Waals surface area contributed by atoms with Crippen LogP contribution in [0.15, 0.2) is 87.2 Å². The van der Waals surface area contributed by atoms with Gasteiger partial charge < -0.3 is 10.0 Å². The number of hydrogen-bond donors (Lipinski definition) is 1. The molecule has 1 aliphatic heterocycles. The van der Waals surface area contributed by atoms with Crippen LogP contribution in [0, 0.1) is 0 Å². The summed E-state index contributed by atoms with van der Waals surface area (Å²) >= 11 is 9.44. The van der Waals surface area contributed by atoms with E-state index in [0.717, 1.165) is 15.7 Å². The summed E-state index contributed by atoms with van der Waals surface area (Å²) in [5.41, 5.74) is 0.724. The summed E-state index contributed by atoms with van der Waals surface area (Å²) in [6, 6.07) is 21.1. The molecule has 1 N–H and O–H groups in total. The molecule has 3 aromatic carbocycles. The van der Waals surface area contributed by atoms with Crippen molar-refractivity contribution in [1.82, 2.24) is 0 Å². The zero-order valence-corrected chi connectivity index (χ0v) is 19.1. The van der Waals surface area contributed by atoms with Gasteiger partial charge in [-0.3, -0.25) is 0 Å². The Morgan fingerprint density at radius 2 is 1.60 bits per heavy atom. The number of hydrogen-bond acceptors (Lipinski definition) is 5. The number of nitrogens with zero attached hydrogens (tertiary/aromatic N) is 2. The quantitative estimate of drug-likeness (QED) is 0.562. The number of amidine groups is 1. The third-order valence-electron chi connectivity index (χ3n) is 4.91. The Bertz CT molecular complexity index is 1210. The largest absolute Gasteiger partial charge is 0.364 e. The van der Waals surface area contributed by atoms with Crippen molar-refractivity contribution in [2.75, 3.05) is 17.7 Å². The fourth-order valence-electron chi connectivity index (χ4n) is 3.35. The molecule has 0 fully saturated rings. The lowest BCUT2D eigenvalue weighted by Gasteiger charge is -2.24. The van der Waals surface area contributed by atoms with Crippen LogP contribution in [0.1, 0.15) is 11.1 Å². The third-order valence-corrected chi connectivity index (χ3v) is 6.82. The lowest BCUT2D eigenvalue weighted by molar-refractivity contribution is 0.0648. The molecular formula is C22H18BrClN2O3S. The Labute approximate surface area is 188 Å². The minimum absolute atomic E-state index is 0.185. The summed E-state index contributed by atoms with van der Waals surface area (Å²) in [5, 5.41) is 12.0. The average molecular weight is 506 g/mol. The summed E-state index contributed by atoms with van der Waals surface area (Å²) in [6.45, 7) is 0.185. The number of β-amino-alcohol motifs (C(OH)–C–C–N with tert-alkyl or cyclic N) is 1. The highest BCUT2D eigenvalue weighted by Gasteiger charge is 2.40. The second kappa shape index (κ2) is 7.81. The van der Waals surface area contributed by atoms with E-state index in [1.807, 2.05) is 41.3 Å². The van der Waals surface area contributed by atoms with Crippen LogP contribution in [0.4, 0.5) is 5.69 Å². The highest BCUT2D eigenvalue weighted by molar-refractivity contribution is 9.10. The molecule has 8 heteroatoms. The Hall–Kier alpha value is -2.19. The normalized spacial score (nSPS) is 19.1. The molecule has 0 saturated heterocycles. The van der Waals surface area contributed by atoms with Gasteiger partial charge in [0.05, 0.1) is 11.4 Å². The van der Waals surface area contributed by atoms with E-state index in [1.54, 1.807) is 36.4 Å². The summed E-state index contributed by atoms with van der Waals surface area (Å²) in [6.07, 6.45) is 1.17. The molecular weight excluding hydrogens is 488 g/mol. The number of sulfone groups is 1. The number of aliphatic imine (C=N–C) groups is 1. The van der Waals surface area contributed by atoms with Crippen molar-refractivity contribution in [3.05, 3.63) is 93.4 Å². The molecule has 0 radical (unpaired) electrons. The van der Waals surface area contributed by atoms with E-state index in [2.05, 4.69) is 20.9 Å². The van der Waals surface area contributed by atoms with Crippen LogP contribution in [0.25, 0.3) is 0 Å². The molecule has 0 aromatic heterocycles. The summed E-state index contributed by atoms with van der Waals surface area (Å²) in [5.74, 6) is 0.573. The highest BCUT2D eigenvalue weighted by Crippen LogP contribution is 2.35. The third kappa shape index (κ3) is 4.16. The summed E-state index contributed by atoms with van der Waals surface area (Å²) < 4.78 is 24.5. The van der Waals surface area contributed by atoms with Crippen LogP contribution >= 0.6 is 27.5 Å². The minimum Gasteiger partial charge on any atom is -0.364 e. The van der Waals surface area contributed by atoms with Crippen molar-refractivity contribution in [2.24, 2.45) is 4.99 Å². The number of benzene rings is 3. The van der Waals surface area contributed by atoms with Crippen LogP contribution in [0.3, 0.4) is 0 Å². The number of rotatable bonds is 4. The van der Waals surface area contributed by atoms with Crippen LogP contribution < -0.4 is 4.90 Å². The lowest BCUT2D eigenvalue weighted by atomic mass is 10.0. The first-order valence-electron chi connectivity index (χ1n) is 9.08. The van der Waals surface area contributed by atoms with Crippen molar-refractivity contribution in [1.29, 1.82) is 0 Å². The second-order valence-corrected chi connectivity index (χ2v) is 10.5. The topological polar surface area (TPSA) is 70.0 Å². The van der Waals surface area contributed by atoms with Gasteiger partial charge in [0.1, 0.15) is 5.84 Å². The fourth-order valence-corrected chi connectivity index (χ4v) is 4.37. The van der Waals surface area contributed by atoms with Gasteiger partial charge in [-0.25, -0.2) is 13.4 Å². The van der Waals surface area contributed by atoms with Crippen molar-refractivity contribution >= 4 is 48.9 Å². The predicted octanol–water partition coefficient (Wildman–Crippen LogP) is 4.62. The molecule has 0 aliphatic carbocycles. The maximum Gasteiger partial charge on any atom is 0.202 e. The molecule has 1 atom stereocenters. The van der Waals surface area contributed by atoms with E-state index in [0.29, 0.717) is 16.4 Å². The van der Waals surface area contributed by atoms with E-state index in [4.69, 9.17) is 11.6 Å². The van der Waals surface area contributed by atoms with Gasteiger partial charge in [0, 0.05) is 32.6 Å². The van der Waals surface area contributed by atoms with Crippen molar-refractivity contribution < 1.29 is 13.5 Å². The molecule has 0 spiro atoms. The minimum atomic E-state index is -3.30. The molecule has 0 saturated carbocycles. The van der Waals surface area contributed by atoms with Crippen LogP contribution in [-0.4, -0.2) is 32.2 Å². The zero-order chi connectivity index (χ0) is 21.5. The van der Waals surface area contributed by atoms with Crippen molar-refractivity contribution in [2.45, 2.75) is 10.6 Å². The Kier molecular flexibility index (Phi) is 5.48. The zero-order valence-electron chi connectivity index (χ0n) is 16.0. The van der Waals surface area contributed by atoms with E-state index in [9.17, 15) is 13.5 Å². The van der Waals surface area contributed by atoms with Gasteiger partial charge >= 0.3 is 0 Å². The highest BCUT2D eigenvalue weighted by atomic mass is 79.9. The average Bonchev–Trinajstić information content (AvgIpc) is 3.07. The molecule has 0 amide bonds. The maximum atomic E-state index is 11.8. The van der Waals surface area contributed by atoms with Gasteiger partial charge in [-0.05, 0) is 60.7 Å². The van der Waals surface area contributed by atoms with E-state index in [1.165, 1.54) is 6.26 Å². The molecule has 1 heterocycles. The van der Waals surface area contributed by atoms with Gasteiger partial charge in [0.15, 0.2) is 9.84 Å². The monoisotopic (exact) mass is 504 g/mol. The van der Waals surface area contributed by atoms with E-state index < -0.39 is 15.6 Å². The van der Waals surface area contributed by atoms with E-state index in [-0.39, 0.29) is 11.4 Å². The molecule has 0 bridgehead atoms. The first-order valence-corrected chi connectivity index (χ1v) is 12.1. The van der Waals surface area contributed by atoms with Crippen LogP contribution in [0.5, 0.6) is 0 Å². The maximum absolute atomic E-state index is 11.8. The van der Waals surface area contributed by atoms with Gasteiger partial charge in [-0.2, -0.15) is 0 Å². The molecule has 154 valence electrons. The fraction of sp³-hybridized carbons (Fsp3) is 0.136. The smallest absolute Gasteiger partial charge is 0.202 e. The lowest BCUT2D eigenvalue weighted by Crippen LogP contribution is -2.34. The predicted molar refractivity (Wildman–Crippen MR) is 123 cm³/mol. The van der Waals surface area contributed by atoms with Gasteiger partial charge in [0.25, 0.3) is 0 Å². The van der Waals surface area contributed by atoms with Gasteiger partial charge in [-0.15, -0.1) is 0 Å². The first kappa shape index (κ1) is 21.1. The number of aliphatic hydroxyl groups is 1. The van der Waals surface area contributed by atoms with Crippen molar-refractivity contribution in [3.8, 4) is 0 Å². The second-order valence-electron chi connectivity index (χ2n) is 7.12. The van der Waals surface area contributed by atoms with Gasteiger partial charge in [0.2, 0.25) is 5.72 Å². The number of halogens is 2. The summed E-state index contributed by atoms with van der Waals surface area (Å²) in [7, 11) is -3.30. The van der Waals surface area contributed by atoms with Crippen LogP contribution in [0.2, 0.25) is 5.02 Å². The number of anilines is 1. The molecule has 3 aromatic rings. The SMILES string of the molecule is CS(=O)(=O)c1ccc(N2CC(O)(c3ccc(Br)cc3)N=C2c2ccc(Cl)cc2)cc1. The Morgan fingerprint density at radius 3 is 2.17 bits per heavy atom.